The molecule has 96 valence electrons. The Morgan fingerprint density at radius 3 is 2.78 bits per heavy atom. The highest BCUT2D eigenvalue weighted by molar-refractivity contribution is 5.74. The maximum atomic E-state index is 5.99. The molecule has 0 aliphatic carbocycles. The van der Waals surface area contributed by atoms with E-state index in [-0.39, 0.29) is 6.04 Å². The van der Waals surface area contributed by atoms with Crippen LogP contribution >= 0.6 is 0 Å². The molecule has 6 nitrogen and oxygen atoms in total. The quantitative estimate of drug-likeness (QED) is 0.749. The van der Waals surface area contributed by atoms with Crippen LogP contribution in [0, 0.1) is 0 Å². The minimum absolute atomic E-state index is 0.264. The van der Waals surface area contributed by atoms with Crippen LogP contribution in [0.25, 0.3) is 0 Å². The van der Waals surface area contributed by atoms with E-state index in [0.29, 0.717) is 23.9 Å². The van der Waals surface area contributed by atoms with Gasteiger partial charge in [0.1, 0.15) is 17.8 Å². The summed E-state index contributed by atoms with van der Waals surface area (Å²) in [7, 11) is 0. The van der Waals surface area contributed by atoms with E-state index in [2.05, 4.69) is 20.6 Å². The predicted molar refractivity (Wildman–Crippen MR) is 71.2 cm³/mol. The molecule has 0 unspecified atom stereocenters. The maximum Gasteiger partial charge on any atom is 0.155 e. The van der Waals surface area contributed by atoms with E-state index in [9.17, 15) is 0 Å². The van der Waals surface area contributed by atoms with Gasteiger partial charge in [-0.25, -0.2) is 9.97 Å². The van der Waals surface area contributed by atoms with Gasteiger partial charge in [0, 0.05) is 6.04 Å². The van der Waals surface area contributed by atoms with Crippen molar-refractivity contribution in [3.05, 3.63) is 30.5 Å². The average molecular weight is 247 g/mol. The van der Waals surface area contributed by atoms with E-state index in [0.717, 1.165) is 5.76 Å². The van der Waals surface area contributed by atoms with E-state index in [1.165, 1.54) is 6.33 Å². The zero-order valence-electron chi connectivity index (χ0n) is 10.5. The number of hydrogen-bond donors (Lipinski definition) is 3. The first-order valence-corrected chi connectivity index (χ1v) is 5.80. The Morgan fingerprint density at radius 1 is 1.33 bits per heavy atom. The molecule has 18 heavy (non-hydrogen) atoms. The van der Waals surface area contributed by atoms with Gasteiger partial charge >= 0.3 is 0 Å². The summed E-state index contributed by atoms with van der Waals surface area (Å²) >= 11 is 0. The summed E-state index contributed by atoms with van der Waals surface area (Å²) < 4.78 is 5.23. The SMILES string of the molecule is CC(C)Nc1ncnc(NCc2ccco2)c1N. The van der Waals surface area contributed by atoms with Crippen molar-refractivity contribution in [3.8, 4) is 0 Å². The zero-order valence-corrected chi connectivity index (χ0v) is 10.5. The Balaban J connectivity index is 2.08. The highest BCUT2D eigenvalue weighted by Crippen LogP contribution is 2.23. The molecule has 0 saturated carbocycles. The summed E-state index contributed by atoms with van der Waals surface area (Å²) in [6.45, 7) is 4.59. The van der Waals surface area contributed by atoms with E-state index >= 15 is 0 Å². The van der Waals surface area contributed by atoms with Crippen LogP contribution in [-0.2, 0) is 6.54 Å². The van der Waals surface area contributed by atoms with E-state index in [1.807, 2.05) is 26.0 Å². The molecule has 0 fully saturated rings. The van der Waals surface area contributed by atoms with Gasteiger partial charge in [0.15, 0.2) is 11.6 Å². The molecule has 0 spiro atoms. The van der Waals surface area contributed by atoms with Gasteiger partial charge in [0.25, 0.3) is 0 Å². The molecule has 2 rings (SSSR count). The molecule has 0 saturated heterocycles. The van der Waals surface area contributed by atoms with Gasteiger partial charge in [0.2, 0.25) is 0 Å². The van der Waals surface area contributed by atoms with Crippen molar-refractivity contribution < 1.29 is 4.42 Å². The molecular formula is C12H17N5O. The number of nitrogen functional groups attached to an aromatic ring is 1. The first-order chi connectivity index (χ1) is 8.66. The minimum Gasteiger partial charge on any atom is -0.467 e. The van der Waals surface area contributed by atoms with Gasteiger partial charge in [-0.3, -0.25) is 0 Å². The van der Waals surface area contributed by atoms with Crippen LogP contribution in [-0.4, -0.2) is 16.0 Å². The summed E-state index contributed by atoms with van der Waals surface area (Å²) in [5.74, 6) is 2.07. The Bertz CT molecular complexity index is 495. The van der Waals surface area contributed by atoms with Crippen LogP contribution < -0.4 is 16.4 Å². The molecule has 2 aromatic rings. The van der Waals surface area contributed by atoms with Crippen LogP contribution in [0.5, 0.6) is 0 Å². The molecule has 0 aromatic carbocycles. The Kier molecular flexibility index (Phi) is 3.66. The lowest BCUT2D eigenvalue weighted by atomic mass is 10.3. The largest absolute Gasteiger partial charge is 0.467 e. The zero-order chi connectivity index (χ0) is 13.0. The van der Waals surface area contributed by atoms with E-state index in [4.69, 9.17) is 10.2 Å². The Morgan fingerprint density at radius 2 is 2.11 bits per heavy atom. The first kappa shape index (κ1) is 12.2. The summed E-state index contributed by atoms with van der Waals surface area (Å²) in [5, 5.41) is 6.29. The van der Waals surface area contributed by atoms with Gasteiger partial charge in [-0.05, 0) is 26.0 Å². The number of furan rings is 1. The van der Waals surface area contributed by atoms with Gasteiger partial charge < -0.3 is 20.8 Å². The smallest absolute Gasteiger partial charge is 0.155 e. The third kappa shape index (κ3) is 2.91. The monoisotopic (exact) mass is 247 g/mol. The molecule has 0 radical (unpaired) electrons. The van der Waals surface area contributed by atoms with E-state index < -0.39 is 0 Å². The minimum atomic E-state index is 0.264. The second-order valence-corrected chi connectivity index (χ2v) is 4.22. The fourth-order valence-electron chi connectivity index (χ4n) is 1.51. The average Bonchev–Trinajstić information content (AvgIpc) is 2.83. The number of rotatable bonds is 5. The Hall–Kier alpha value is -2.24. The Labute approximate surface area is 106 Å². The highest BCUT2D eigenvalue weighted by atomic mass is 16.3. The highest BCUT2D eigenvalue weighted by Gasteiger charge is 2.08. The third-order valence-corrected chi connectivity index (χ3v) is 2.32. The van der Waals surface area contributed by atoms with Crippen molar-refractivity contribution in [3.63, 3.8) is 0 Å². The van der Waals surface area contributed by atoms with E-state index in [1.54, 1.807) is 6.26 Å². The third-order valence-electron chi connectivity index (χ3n) is 2.32. The van der Waals surface area contributed by atoms with Crippen molar-refractivity contribution in [2.75, 3.05) is 16.4 Å². The standard InChI is InChI=1S/C12H17N5O/c1-8(2)17-12-10(13)11(15-7-16-12)14-6-9-4-3-5-18-9/h3-5,7-8H,6,13H2,1-2H3,(H2,14,15,16,17). The lowest BCUT2D eigenvalue weighted by Gasteiger charge is -2.13. The van der Waals surface area contributed by atoms with Crippen LogP contribution in [0.15, 0.2) is 29.1 Å². The topological polar surface area (TPSA) is 89.0 Å². The maximum absolute atomic E-state index is 5.99. The van der Waals surface area contributed by atoms with Gasteiger partial charge in [-0.2, -0.15) is 0 Å². The van der Waals surface area contributed by atoms with Gasteiger partial charge in [0.05, 0.1) is 12.8 Å². The van der Waals surface area contributed by atoms with Crippen molar-refractivity contribution in [1.82, 2.24) is 9.97 Å². The van der Waals surface area contributed by atoms with Crippen molar-refractivity contribution in [2.45, 2.75) is 26.4 Å². The molecule has 0 aliphatic rings. The number of nitrogens with zero attached hydrogens (tertiary/aromatic N) is 2. The lowest BCUT2D eigenvalue weighted by molar-refractivity contribution is 0.518. The van der Waals surface area contributed by atoms with Crippen molar-refractivity contribution >= 4 is 17.3 Å². The number of nitrogens with one attached hydrogen (secondary N) is 2. The predicted octanol–water partition coefficient (Wildman–Crippen LogP) is 2.08. The van der Waals surface area contributed by atoms with Crippen LogP contribution in [0.1, 0.15) is 19.6 Å². The van der Waals surface area contributed by atoms with Crippen molar-refractivity contribution in [2.24, 2.45) is 0 Å². The number of anilines is 3. The number of nitrogens with two attached hydrogens (primary N) is 1. The number of aromatic nitrogens is 2. The van der Waals surface area contributed by atoms with Crippen LogP contribution in [0.3, 0.4) is 0 Å². The van der Waals surface area contributed by atoms with Gasteiger partial charge in [-0.15, -0.1) is 0 Å². The molecule has 4 N–H and O–H groups in total. The summed E-state index contributed by atoms with van der Waals surface area (Å²) in [6, 6.07) is 3.99. The number of hydrogen-bond acceptors (Lipinski definition) is 6. The summed E-state index contributed by atoms with van der Waals surface area (Å²) in [4.78, 5) is 8.23. The second kappa shape index (κ2) is 5.39. The van der Waals surface area contributed by atoms with Crippen molar-refractivity contribution in [1.29, 1.82) is 0 Å². The molecule has 0 amide bonds. The molecule has 2 heterocycles. The fraction of sp³-hybridized carbons (Fsp3) is 0.333. The molecule has 2 aromatic heterocycles. The van der Waals surface area contributed by atoms with Crippen LogP contribution in [0.2, 0.25) is 0 Å². The second-order valence-electron chi connectivity index (χ2n) is 4.22. The molecule has 0 atom stereocenters. The lowest BCUT2D eigenvalue weighted by Crippen LogP contribution is -2.14. The molecule has 6 heteroatoms. The first-order valence-electron chi connectivity index (χ1n) is 5.80. The normalized spacial score (nSPS) is 10.6. The van der Waals surface area contributed by atoms with Crippen LogP contribution in [0.4, 0.5) is 17.3 Å². The summed E-state index contributed by atoms with van der Waals surface area (Å²) in [5.41, 5.74) is 6.50. The molecule has 0 bridgehead atoms. The molecule has 0 aliphatic heterocycles. The summed E-state index contributed by atoms with van der Waals surface area (Å²) in [6.07, 6.45) is 3.11. The fourth-order valence-corrected chi connectivity index (χ4v) is 1.51. The molecular weight excluding hydrogens is 230 g/mol. The van der Waals surface area contributed by atoms with Gasteiger partial charge in [-0.1, -0.05) is 0 Å².